The third-order valence-electron chi connectivity index (χ3n) is 3.48. The maximum Gasteiger partial charge on any atom is 0.238 e. The van der Waals surface area contributed by atoms with E-state index in [1.807, 2.05) is 18.2 Å². The summed E-state index contributed by atoms with van der Waals surface area (Å²) in [7, 11) is 0. The zero-order valence-corrected chi connectivity index (χ0v) is 12.6. The molecular weight excluding hydrogens is 252 g/mol. The van der Waals surface area contributed by atoms with Crippen LogP contribution in [-0.4, -0.2) is 43.7 Å². The van der Waals surface area contributed by atoms with Gasteiger partial charge >= 0.3 is 0 Å². The smallest absolute Gasteiger partial charge is 0.238 e. The Morgan fingerprint density at radius 2 is 1.90 bits per heavy atom. The lowest BCUT2D eigenvalue weighted by atomic mass is 9.86. The first-order valence-electron chi connectivity index (χ1n) is 7.16. The molecule has 1 fully saturated rings. The van der Waals surface area contributed by atoms with Gasteiger partial charge in [-0.1, -0.05) is 39.0 Å². The molecule has 1 saturated heterocycles. The molecule has 1 N–H and O–H groups in total. The zero-order chi connectivity index (χ0) is 14.6. The number of para-hydroxylation sites is 1. The lowest BCUT2D eigenvalue weighted by Crippen LogP contribution is -2.41. The van der Waals surface area contributed by atoms with Gasteiger partial charge in [-0.25, -0.2) is 0 Å². The Bertz CT molecular complexity index is 460. The number of ether oxygens (including phenoxy) is 1. The summed E-state index contributed by atoms with van der Waals surface area (Å²) in [6, 6.07) is 8.01. The fourth-order valence-corrected chi connectivity index (χ4v) is 2.40. The number of benzene rings is 1. The van der Waals surface area contributed by atoms with Crippen LogP contribution < -0.4 is 5.32 Å². The van der Waals surface area contributed by atoms with Crippen LogP contribution in [0.4, 0.5) is 5.69 Å². The summed E-state index contributed by atoms with van der Waals surface area (Å²) in [6.07, 6.45) is 0. The van der Waals surface area contributed by atoms with Gasteiger partial charge < -0.3 is 10.1 Å². The molecule has 1 amide bonds. The van der Waals surface area contributed by atoms with E-state index in [1.54, 1.807) is 0 Å². The molecule has 0 atom stereocenters. The topological polar surface area (TPSA) is 41.6 Å². The average molecular weight is 276 g/mol. The van der Waals surface area contributed by atoms with Crippen molar-refractivity contribution in [3.05, 3.63) is 29.8 Å². The number of hydrogen-bond acceptors (Lipinski definition) is 3. The minimum absolute atomic E-state index is 0.0167. The standard InChI is InChI=1S/C16H24N2O2/c1-16(2,3)13-6-4-5-7-14(13)17-15(19)12-18-8-10-20-11-9-18/h4-7H,8-12H2,1-3H3,(H,17,19). The molecule has 1 aliphatic heterocycles. The van der Waals surface area contributed by atoms with Crippen LogP contribution in [0.15, 0.2) is 24.3 Å². The first-order valence-corrected chi connectivity index (χ1v) is 7.16. The molecule has 2 rings (SSSR count). The number of nitrogens with zero attached hydrogens (tertiary/aromatic N) is 1. The molecule has 1 heterocycles. The summed E-state index contributed by atoms with van der Waals surface area (Å²) in [5, 5.41) is 3.04. The Hall–Kier alpha value is -1.39. The largest absolute Gasteiger partial charge is 0.379 e. The highest BCUT2D eigenvalue weighted by Crippen LogP contribution is 2.29. The molecule has 1 aromatic rings. The molecule has 20 heavy (non-hydrogen) atoms. The molecule has 0 radical (unpaired) electrons. The van der Waals surface area contributed by atoms with Gasteiger partial charge in [0.25, 0.3) is 0 Å². The van der Waals surface area contributed by atoms with E-state index < -0.39 is 0 Å². The Balaban J connectivity index is 2.00. The molecule has 0 saturated carbocycles. The summed E-state index contributed by atoms with van der Waals surface area (Å²) < 4.78 is 5.29. The van der Waals surface area contributed by atoms with Crippen LogP contribution in [0.2, 0.25) is 0 Å². The molecule has 110 valence electrons. The maximum atomic E-state index is 12.2. The Kier molecular flexibility index (Phi) is 4.78. The van der Waals surface area contributed by atoms with E-state index in [9.17, 15) is 4.79 Å². The van der Waals surface area contributed by atoms with Crippen molar-refractivity contribution < 1.29 is 9.53 Å². The maximum absolute atomic E-state index is 12.2. The van der Waals surface area contributed by atoms with Crippen molar-refractivity contribution in [2.45, 2.75) is 26.2 Å². The van der Waals surface area contributed by atoms with Crippen molar-refractivity contribution in [1.29, 1.82) is 0 Å². The van der Waals surface area contributed by atoms with Crippen LogP contribution in [0.25, 0.3) is 0 Å². The predicted octanol–water partition coefficient (Wildman–Crippen LogP) is 2.25. The van der Waals surface area contributed by atoms with Gasteiger partial charge in [0, 0.05) is 18.8 Å². The van der Waals surface area contributed by atoms with Gasteiger partial charge in [-0.15, -0.1) is 0 Å². The molecule has 0 aliphatic carbocycles. The SMILES string of the molecule is CC(C)(C)c1ccccc1NC(=O)CN1CCOCC1. The average Bonchev–Trinajstić information content (AvgIpc) is 2.39. The normalized spacial score (nSPS) is 16.9. The number of anilines is 1. The van der Waals surface area contributed by atoms with Crippen LogP contribution in [0.3, 0.4) is 0 Å². The summed E-state index contributed by atoms with van der Waals surface area (Å²) in [4.78, 5) is 14.3. The quantitative estimate of drug-likeness (QED) is 0.920. The van der Waals surface area contributed by atoms with E-state index in [1.165, 1.54) is 0 Å². The Labute approximate surface area is 121 Å². The molecule has 0 aromatic heterocycles. The number of carbonyl (C=O) groups excluding carboxylic acids is 1. The lowest BCUT2D eigenvalue weighted by Gasteiger charge is -2.27. The monoisotopic (exact) mass is 276 g/mol. The molecule has 0 spiro atoms. The van der Waals surface area contributed by atoms with Crippen molar-refractivity contribution in [2.75, 3.05) is 38.2 Å². The molecule has 0 bridgehead atoms. The minimum atomic E-state index is 0.0167. The van der Waals surface area contributed by atoms with Crippen molar-refractivity contribution in [2.24, 2.45) is 0 Å². The van der Waals surface area contributed by atoms with Crippen LogP contribution in [0.1, 0.15) is 26.3 Å². The van der Waals surface area contributed by atoms with E-state index in [4.69, 9.17) is 4.74 Å². The highest BCUT2D eigenvalue weighted by atomic mass is 16.5. The molecular formula is C16H24N2O2. The molecule has 1 aliphatic rings. The lowest BCUT2D eigenvalue weighted by molar-refractivity contribution is -0.118. The van der Waals surface area contributed by atoms with E-state index >= 15 is 0 Å². The second-order valence-electron chi connectivity index (χ2n) is 6.23. The number of rotatable bonds is 3. The summed E-state index contributed by atoms with van der Waals surface area (Å²) in [5.74, 6) is 0.0450. The summed E-state index contributed by atoms with van der Waals surface area (Å²) in [5.41, 5.74) is 2.09. The summed E-state index contributed by atoms with van der Waals surface area (Å²) in [6.45, 7) is 9.97. The van der Waals surface area contributed by atoms with E-state index in [0.717, 1.165) is 24.3 Å². The summed E-state index contributed by atoms with van der Waals surface area (Å²) >= 11 is 0. The van der Waals surface area contributed by atoms with Gasteiger partial charge in [0.2, 0.25) is 5.91 Å². The van der Waals surface area contributed by atoms with Crippen molar-refractivity contribution in [3.63, 3.8) is 0 Å². The number of morpholine rings is 1. The second-order valence-corrected chi connectivity index (χ2v) is 6.23. The van der Waals surface area contributed by atoms with E-state index in [-0.39, 0.29) is 11.3 Å². The van der Waals surface area contributed by atoms with Gasteiger partial charge in [0.05, 0.1) is 19.8 Å². The molecule has 1 aromatic carbocycles. The first kappa shape index (κ1) is 15.0. The number of amides is 1. The number of carbonyl (C=O) groups is 1. The van der Waals surface area contributed by atoms with E-state index in [2.05, 4.69) is 37.1 Å². The van der Waals surface area contributed by atoms with Gasteiger partial charge in [-0.2, -0.15) is 0 Å². The molecule has 4 heteroatoms. The van der Waals surface area contributed by atoms with Crippen LogP contribution >= 0.6 is 0 Å². The van der Waals surface area contributed by atoms with Crippen molar-refractivity contribution >= 4 is 11.6 Å². The minimum Gasteiger partial charge on any atom is -0.379 e. The van der Waals surface area contributed by atoms with Crippen LogP contribution in [-0.2, 0) is 14.9 Å². The third-order valence-corrected chi connectivity index (χ3v) is 3.48. The highest BCUT2D eigenvalue weighted by Gasteiger charge is 2.19. The molecule has 0 unspecified atom stereocenters. The second kappa shape index (κ2) is 6.37. The van der Waals surface area contributed by atoms with E-state index in [0.29, 0.717) is 19.8 Å². The third kappa shape index (κ3) is 4.05. The number of nitrogens with one attached hydrogen (secondary N) is 1. The first-order chi connectivity index (χ1) is 9.47. The van der Waals surface area contributed by atoms with Gasteiger partial charge in [0.1, 0.15) is 0 Å². The van der Waals surface area contributed by atoms with Gasteiger partial charge in [-0.05, 0) is 17.0 Å². The molecule has 4 nitrogen and oxygen atoms in total. The fourth-order valence-electron chi connectivity index (χ4n) is 2.40. The highest BCUT2D eigenvalue weighted by molar-refractivity contribution is 5.93. The fraction of sp³-hybridized carbons (Fsp3) is 0.562. The number of hydrogen-bond donors (Lipinski definition) is 1. The van der Waals surface area contributed by atoms with Crippen LogP contribution in [0, 0.1) is 0 Å². The predicted molar refractivity (Wildman–Crippen MR) is 81.0 cm³/mol. The Morgan fingerprint density at radius 3 is 2.55 bits per heavy atom. The van der Waals surface area contributed by atoms with Gasteiger partial charge in [-0.3, -0.25) is 9.69 Å². The zero-order valence-electron chi connectivity index (χ0n) is 12.6. The van der Waals surface area contributed by atoms with Crippen molar-refractivity contribution in [3.8, 4) is 0 Å². The van der Waals surface area contributed by atoms with Crippen molar-refractivity contribution in [1.82, 2.24) is 4.90 Å². The van der Waals surface area contributed by atoms with Crippen LogP contribution in [0.5, 0.6) is 0 Å². The Morgan fingerprint density at radius 1 is 1.25 bits per heavy atom. The van der Waals surface area contributed by atoms with Gasteiger partial charge in [0.15, 0.2) is 0 Å².